The smallest absolute Gasteiger partial charge is 0.0948 e. The molecule has 2 heteroatoms. The number of nitriles is 1. The molecule has 0 aromatic heterocycles. The summed E-state index contributed by atoms with van der Waals surface area (Å²) >= 11 is 0. The van der Waals surface area contributed by atoms with Gasteiger partial charge in [0.15, 0.2) is 0 Å². The minimum absolute atomic E-state index is 0.309. The third-order valence-electron chi connectivity index (χ3n) is 2.37. The largest absolute Gasteiger partial charge is 0.387 e. The highest BCUT2D eigenvalue weighted by atomic mass is 16.3. The number of rotatable bonds is 3. The topological polar surface area (TPSA) is 44.0 Å². The Hall–Kier alpha value is -1.33. The van der Waals surface area contributed by atoms with Crippen LogP contribution >= 0.6 is 0 Å². The highest BCUT2D eigenvalue weighted by Crippen LogP contribution is 2.24. The van der Waals surface area contributed by atoms with Gasteiger partial charge in [0.2, 0.25) is 0 Å². The molecule has 74 valence electrons. The van der Waals surface area contributed by atoms with Crippen molar-refractivity contribution in [2.45, 2.75) is 26.4 Å². The summed E-state index contributed by atoms with van der Waals surface area (Å²) in [6, 6.07) is 9.78. The van der Waals surface area contributed by atoms with Crippen LogP contribution in [0.4, 0.5) is 0 Å². The van der Waals surface area contributed by atoms with Crippen molar-refractivity contribution in [3.8, 4) is 6.07 Å². The first-order valence-corrected chi connectivity index (χ1v) is 4.83. The molecule has 0 aliphatic heterocycles. The summed E-state index contributed by atoms with van der Waals surface area (Å²) in [5.74, 6) is -0.309. The molecule has 1 rings (SSSR count). The van der Waals surface area contributed by atoms with Gasteiger partial charge in [-0.1, -0.05) is 36.8 Å². The van der Waals surface area contributed by atoms with E-state index in [9.17, 15) is 5.11 Å². The molecule has 1 N–H and O–H groups in total. The van der Waals surface area contributed by atoms with Crippen LogP contribution in [-0.4, -0.2) is 5.11 Å². The van der Waals surface area contributed by atoms with E-state index in [-0.39, 0.29) is 5.92 Å². The van der Waals surface area contributed by atoms with Crippen molar-refractivity contribution in [3.05, 3.63) is 35.4 Å². The van der Waals surface area contributed by atoms with Crippen LogP contribution in [0.5, 0.6) is 0 Å². The average molecular weight is 189 g/mol. The van der Waals surface area contributed by atoms with Crippen LogP contribution in [0.25, 0.3) is 0 Å². The van der Waals surface area contributed by atoms with E-state index < -0.39 is 6.10 Å². The number of aryl methyl sites for hydroxylation is 1. The molecule has 0 saturated carbocycles. The van der Waals surface area contributed by atoms with Crippen molar-refractivity contribution in [1.82, 2.24) is 0 Å². The molecule has 0 amide bonds. The van der Waals surface area contributed by atoms with Crippen molar-refractivity contribution < 1.29 is 5.11 Å². The van der Waals surface area contributed by atoms with Gasteiger partial charge in [-0.15, -0.1) is 0 Å². The number of nitrogens with zero attached hydrogens (tertiary/aromatic N) is 1. The first-order chi connectivity index (χ1) is 6.69. The van der Waals surface area contributed by atoms with Crippen LogP contribution in [0.1, 0.15) is 30.6 Å². The van der Waals surface area contributed by atoms with Gasteiger partial charge in [-0.2, -0.15) is 5.26 Å². The summed E-state index contributed by atoms with van der Waals surface area (Å²) < 4.78 is 0. The highest BCUT2D eigenvalue weighted by Gasteiger charge is 2.18. The third-order valence-corrected chi connectivity index (χ3v) is 2.37. The maximum absolute atomic E-state index is 9.88. The van der Waals surface area contributed by atoms with Crippen LogP contribution in [0.2, 0.25) is 0 Å². The first-order valence-electron chi connectivity index (χ1n) is 4.83. The van der Waals surface area contributed by atoms with E-state index in [4.69, 9.17) is 5.26 Å². The van der Waals surface area contributed by atoms with Gasteiger partial charge in [0.1, 0.15) is 0 Å². The predicted octanol–water partition coefficient (Wildman–Crippen LogP) is 2.58. The summed E-state index contributed by atoms with van der Waals surface area (Å²) in [5, 5.41) is 18.7. The quantitative estimate of drug-likeness (QED) is 0.794. The van der Waals surface area contributed by atoms with E-state index in [1.165, 1.54) is 0 Å². The normalized spacial score (nSPS) is 14.4. The van der Waals surface area contributed by atoms with E-state index in [0.29, 0.717) is 6.42 Å². The van der Waals surface area contributed by atoms with Gasteiger partial charge in [0.25, 0.3) is 0 Å². The van der Waals surface area contributed by atoms with Crippen LogP contribution in [0.3, 0.4) is 0 Å². The number of hydrogen-bond acceptors (Lipinski definition) is 2. The molecule has 0 heterocycles. The maximum Gasteiger partial charge on any atom is 0.0948 e. The molecule has 0 fully saturated rings. The minimum atomic E-state index is -0.662. The van der Waals surface area contributed by atoms with Crippen LogP contribution < -0.4 is 0 Å². The van der Waals surface area contributed by atoms with Crippen molar-refractivity contribution in [1.29, 1.82) is 5.26 Å². The van der Waals surface area contributed by atoms with Gasteiger partial charge in [0.05, 0.1) is 18.1 Å². The van der Waals surface area contributed by atoms with E-state index in [2.05, 4.69) is 6.07 Å². The predicted molar refractivity (Wildman–Crippen MR) is 55.5 cm³/mol. The summed E-state index contributed by atoms with van der Waals surface area (Å²) in [7, 11) is 0. The summed E-state index contributed by atoms with van der Waals surface area (Å²) in [6.45, 7) is 3.89. The Morgan fingerprint density at radius 2 is 2.21 bits per heavy atom. The van der Waals surface area contributed by atoms with E-state index >= 15 is 0 Å². The van der Waals surface area contributed by atoms with E-state index in [0.717, 1.165) is 11.1 Å². The van der Waals surface area contributed by atoms with E-state index in [1.807, 2.05) is 38.1 Å². The van der Waals surface area contributed by atoms with Crippen LogP contribution in [-0.2, 0) is 0 Å². The standard InChI is InChI=1S/C12H15NO/c1-3-10(8-13)12(14)11-6-4-5-9(2)7-11/h4-7,10,12,14H,3H2,1-2H3/t10-,12-/m1/s1. The number of aliphatic hydroxyl groups is 1. The molecule has 1 aromatic carbocycles. The first kappa shape index (κ1) is 10.7. The van der Waals surface area contributed by atoms with Crippen molar-refractivity contribution in [3.63, 3.8) is 0 Å². The van der Waals surface area contributed by atoms with Gasteiger partial charge < -0.3 is 5.11 Å². The molecule has 0 aliphatic rings. The zero-order valence-corrected chi connectivity index (χ0v) is 8.57. The zero-order valence-electron chi connectivity index (χ0n) is 8.57. The lowest BCUT2D eigenvalue weighted by atomic mass is 9.94. The molecular weight excluding hydrogens is 174 g/mol. The van der Waals surface area contributed by atoms with Crippen molar-refractivity contribution in [2.75, 3.05) is 0 Å². The lowest BCUT2D eigenvalue weighted by Crippen LogP contribution is -2.09. The van der Waals surface area contributed by atoms with Crippen molar-refractivity contribution >= 4 is 0 Å². The molecule has 2 nitrogen and oxygen atoms in total. The zero-order chi connectivity index (χ0) is 10.6. The van der Waals surface area contributed by atoms with Gasteiger partial charge in [-0.3, -0.25) is 0 Å². The Morgan fingerprint density at radius 3 is 2.71 bits per heavy atom. The van der Waals surface area contributed by atoms with Gasteiger partial charge in [-0.25, -0.2) is 0 Å². The molecular formula is C12H15NO. The van der Waals surface area contributed by atoms with Gasteiger partial charge in [0, 0.05) is 0 Å². The lowest BCUT2D eigenvalue weighted by Gasteiger charge is -2.15. The Labute approximate surface area is 84.8 Å². The Morgan fingerprint density at radius 1 is 1.50 bits per heavy atom. The monoisotopic (exact) mass is 189 g/mol. The van der Waals surface area contributed by atoms with E-state index in [1.54, 1.807) is 0 Å². The number of aliphatic hydroxyl groups excluding tert-OH is 1. The molecule has 1 aromatic rings. The molecule has 0 unspecified atom stereocenters. The fourth-order valence-corrected chi connectivity index (χ4v) is 1.47. The summed E-state index contributed by atoms with van der Waals surface area (Å²) in [5.41, 5.74) is 1.94. The number of hydrogen-bond donors (Lipinski definition) is 1. The molecule has 0 radical (unpaired) electrons. The number of benzene rings is 1. The SMILES string of the molecule is CC[C@H](C#N)[C@@H](O)c1cccc(C)c1. The molecule has 0 bridgehead atoms. The molecule has 0 saturated heterocycles. The van der Waals surface area contributed by atoms with Crippen LogP contribution in [0.15, 0.2) is 24.3 Å². The minimum Gasteiger partial charge on any atom is -0.387 e. The Kier molecular flexibility index (Phi) is 3.67. The lowest BCUT2D eigenvalue weighted by molar-refractivity contribution is 0.132. The Bertz CT molecular complexity index is 340. The highest BCUT2D eigenvalue weighted by molar-refractivity contribution is 5.25. The van der Waals surface area contributed by atoms with Crippen molar-refractivity contribution in [2.24, 2.45) is 5.92 Å². The fraction of sp³-hybridized carbons (Fsp3) is 0.417. The second kappa shape index (κ2) is 4.78. The molecule has 0 spiro atoms. The van der Waals surface area contributed by atoms with Gasteiger partial charge >= 0.3 is 0 Å². The summed E-state index contributed by atoms with van der Waals surface area (Å²) in [6.07, 6.45) is 0.0101. The second-order valence-corrected chi connectivity index (χ2v) is 3.50. The molecule has 0 aliphatic carbocycles. The Balaban J connectivity index is 2.89. The second-order valence-electron chi connectivity index (χ2n) is 3.50. The summed E-state index contributed by atoms with van der Waals surface area (Å²) in [4.78, 5) is 0. The average Bonchev–Trinajstić information content (AvgIpc) is 2.19. The molecule has 14 heavy (non-hydrogen) atoms. The molecule has 2 atom stereocenters. The maximum atomic E-state index is 9.88. The fourth-order valence-electron chi connectivity index (χ4n) is 1.47. The third kappa shape index (κ3) is 2.34. The van der Waals surface area contributed by atoms with Gasteiger partial charge in [-0.05, 0) is 18.9 Å². The van der Waals surface area contributed by atoms with Crippen LogP contribution in [0, 0.1) is 24.2 Å².